The Morgan fingerprint density at radius 1 is 1.06 bits per heavy atom. The van der Waals surface area contributed by atoms with E-state index < -0.39 is 0 Å². The molecule has 0 saturated heterocycles. The van der Waals surface area contributed by atoms with Crippen molar-refractivity contribution in [1.82, 2.24) is 15.0 Å². The van der Waals surface area contributed by atoms with Crippen molar-refractivity contribution in [2.75, 3.05) is 12.4 Å². The average Bonchev–Trinajstić information content (AvgIpc) is 3.17. The number of aromatic nitrogens is 2. The molecule has 0 bridgehead atoms. The molecule has 1 aromatic heterocycles. The fraction of sp³-hybridized carbons (Fsp3) is 0.160. The molecular formula is C25H24N4O2S. The first kappa shape index (κ1) is 21.6. The largest absolute Gasteiger partial charge is 0.493 e. The third kappa shape index (κ3) is 5.36. The maximum absolute atomic E-state index is 12.4. The second-order valence-electron chi connectivity index (χ2n) is 7.01. The zero-order valence-electron chi connectivity index (χ0n) is 17.8. The van der Waals surface area contributed by atoms with Gasteiger partial charge in [-0.2, -0.15) is 5.10 Å². The van der Waals surface area contributed by atoms with Gasteiger partial charge in [0.1, 0.15) is 5.75 Å². The number of carbonyl (C=O) groups excluding carboxylic acids is 1. The summed E-state index contributed by atoms with van der Waals surface area (Å²) in [5.41, 5.74) is 6.54. The third-order valence-corrected chi connectivity index (χ3v) is 5.72. The Balaban J connectivity index is 1.43. The van der Waals surface area contributed by atoms with Gasteiger partial charge in [0.25, 0.3) is 5.91 Å². The Kier molecular flexibility index (Phi) is 7.19. The van der Waals surface area contributed by atoms with Gasteiger partial charge >= 0.3 is 0 Å². The van der Waals surface area contributed by atoms with Crippen LogP contribution in [-0.2, 0) is 11.3 Å². The number of carbonyl (C=O) groups is 1. The molecule has 0 unspecified atom stereocenters. The van der Waals surface area contributed by atoms with Crippen LogP contribution in [-0.4, -0.2) is 34.0 Å². The average molecular weight is 445 g/mol. The molecule has 1 heterocycles. The minimum absolute atomic E-state index is 0.196. The van der Waals surface area contributed by atoms with Gasteiger partial charge < -0.3 is 9.30 Å². The topological polar surface area (TPSA) is 68.5 Å². The zero-order chi connectivity index (χ0) is 22.2. The second kappa shape index (κ2) is 10.6. The lowest BCUT2D eigenvalue weighted by Gasteiger charge is -2.09. The van der Waals surface area contributed by atoms with Crippen molar-refractivity contribution in [2.45, 2.75) is 18.6 Å². The minimum Gasteiger partial charge on any atom is -0.493 e. The van der Waals surface area contributed by atoms with E-state index in [1.807, 2.05) is 67.6 Å². The molecule has 0 aliphatic heterocycles. The van der Waals surface area contributed by atoms with Crippen molar-refractivity contribution in [2.24, 2.45) is 5.10 Å². The van der Waals surface area contributed by atoms with E-state index in [1.165, 1.54) is 17.3 Å². The zero-order valence-corrected chi connectivity index (χ0v) is 18.6. The van der Waals surface area contributed by atoms with Crippen molar-refractivity contribution < 1.29 is 9.53 Å². The number of para-hydroxylation sites is 3. The van der Waals surface area contributed by atoms with Crippen LogP contribution in [0.2, 0.25) is 0 Å². The Bertz CT molecular complexity index is 1220. The summed E-state index contributed by atoms with van der Waals surface area (Å²) in [6.07, 6.45) is 1.60. The summed E-state index contributed by atoms with van der Waals surface area (Å²) in [6, 6.07) is 25.8. The lowest BCUT2D eigenvalue weighted by molar-refractivity contribution is -0.118. The van der Waals surface area contributed by atoms with E-state index in [9.17, 15) is 4.79 Å². The summed E-state index contributed by atoms with van der Waals surface area (Å²) >= 11 is 1.40. The second-order valence-corrected chi connectivity index (χ2v) is 7.95. The lowest BCUT2D eigenvalue weighted by atomic mass is 10.2. The van der Waals surface area contributed by atoms with Crippen LogP contribution in [0.15, 0.2) is 89.1 Å². The summed E-state index contributed by atoms with van der Waals surface area (Å²) in [7, 11) is 0. The number of imidazole rings is 1. The number of nitrogens with one attached hydrogen (secondary N) is 1. The number of hydrogen-bond acceptors (Lipinski definition) is 5. The first-order valence-electron chi connectivity index (χ1n) is 10.4. The van der Waals surface area contributed by atoms with Crippen LogP contribution in [0.25, 0.3) is 11.0 Å². The van der Waals surface area contributed by atoms with E-state index in [2.05, 4.69) is 33.3 Å². The molecule has 7 heteroatoms. The maximum Gasteiger partial charge on any atom is 0.250 e. The van der Waals surface area contributed by atoms with Gasteiger partial charge in [0, 0.05) is 5.56 Å². The van der Waals surface area contributed by atoms with Gasteiger partial charge in [-0.1, -0.05) is 66.4 Å². The molecule has 0 radical (unpaired) electrons. The van der Waals surface area contributed by atoms with E-state index in [0.717, 1.165) is 27.5 Å². The minimum atomic E-state index is -0.196. The van der Waals surface area contributed by atoms with Gasteiger partial charge in [0.15, 0.2) is 5.16 Å². The van der Waals surface area contributed by atoms with E-state index in [4.69, 9.17) is 9.72 Å². The van der Waals surface area contributed by atoms with Crippen LogP contribution in [0.4, 0.5) is 0 Å². The third-order valence-electron chi connectivity index (χ3n) is 4.75. The van der Waals surface area contributed by atoms with Crippen molar-refractivity contribution >= 4 is 34.9 Å². The first-order valence-corrected chi connectivity index (χ1v) is 11.4. The van der Waals surface area contributed by atoms with E-state index in [1.54, 1.807) is 6.21 Å². The monoisotopic (exact) mass is 444 g/mol. The van der Waals surface area contributed by atoms with Gasteiger partial charge in [-0.25, -0.2) is 10.4 Å². The van der Waals surface area contributed by atoms with Crippen molar-refractivity contribution in [3.63, 3.8) is 0 Å². The molecular weight excluding hydrogens is 420 g/mol. The number of ether oxygens (including phenoxy) is 1. The standard InChI is InChI=1S/C25H24N4O2S/c1-2-31-23-15-9-6-12-20(23)16-26-28-24(30)18-32-25-27-21-13-7-8-14-22(21)29(25)17-19-10-4-3-5-11-19/h3-16H,2,17-18H2,1H3,(H,28,30)/b26-16-. The highest BCUT2D eigenvalue weighted by atomic mass is 32.2. The van der Waals surface area contributed by atoms with Gasteiger partial charge in [-0.05, 0) is 36.8 Å². The highest BCUT2D eigenvalue weighted by molar-refractivity contribution is 7.99. The molecule has 1 amide bonds. The molecule has 0 atom stereocenters. The summed E-state index contributed by atoms with van der Waals surface area (Å²) < 4.78 is 7.71. The number of fused-ring (bicyclic) bond motifs is 1. The summed E-state index contributed by atoms with van der Waals surface area (Å²) in [5, 5.41) is 4.89. The van der Waals surface area contributed by atoms with Crippen molar-refractivity contribution in [1.29, 1.82) is 0 Å². The molecule has 0 spiro atoms. The molecule has 32 heavy (non-hydrogen) atoms. The fourth-order valence-corrected chi connectivity index (χ4v) is 4.10. The van der Waals surface area contributed by atoms with Crippen molar-refractivity contribution in [3.8, 4) is 5.75 Å². The molecule has 0 aliphatic carbocycles. The maximum atomic E-state index is 12.4. The van der Waals surface area contributed by atoms with Crippen LogP contribution >= 0.6 is 11.8 Å². The molecule has 0 saturated carbocycles. The highest BCUT2D eigenvalue weighted by Crippen LogP contribution is 2.25. The van der Waals surface area contributed by atoms with Gasteiger partial charge in [0.2, 0.25) is 0 Å². The summed E-state index contributed by atoms with van der Waals surface area (Å²) in [5.74, 6) is 0.748. The molecule has 3 aromatic carbocycles. The van der Waals surface area contributed by atoms with Gasteiger partial charge in [-0.3, -0.25) is 4.79 Å². The first-order chi connectivity index (χ1) is 15.7. The number of nitrogens with zero attached hydrogens (tertiary/aromatic N) is 3. The molecule has 6 nitrogen and oxygen atoms in total. The van der Waals surface area contributed by atoms with Crippen LogP contribution in [0.3, 0.4) is 0 Å². The normalized spacial score (nSPS) is 11.2. The Morgan fingerprint density at radius 3 is 2.66 bits per heavy atom. The van der Waals surface area contributed by atoms with Gasteiger partial charge in [-0.15, -0.1) is 0 Å². The number of amides is 1. The molecule has 0 aliphatic rings. The molecule has 1 N–H and O–H groups in total. The van der Waals surface area contributed by atoms with E-state index in [-0.39, 0.29) is 11.7 Å². The fourth-order valence-electron chi connectivity index (χ4n) is 3.29. The SMILES string of the molecule is CCOc1ccccc1/C=N\NC(=O)CSc1nc2ccccc2n1Cc1ccccc1. The molecule has 4 aromatic rings. The smallest absolute Gasteiger partial charge is 0.250 e. The molecule has 162 valence electrons. The van der Waals surface area contributed by atoms with E-state index >= 15 is 0 Å². The Hall–Kier alpha value is -3.58. The van der Waals surface area contributed by atoms with Crippen LogP contribution in [0.1, 0.15) is 18.1 Å². The molecule has 0 fully saturated rings. The van der Waals surface area contributed by atoms with Crippen LogP contribution in [0.5, 0.6) is 5.75 Å². The number of hydrazone groups is 1. The number of benzene rings is 3. The number of thioether (sulfide) groups is 1. The van der Waals surface area contributed by atoms with Crippen LogP contribution < -0.4 is 10.2 Å². The Labute approximate surface area is 191 Å². The van der Waals surface area contributed by atoms with E-state index in [0.29, 0.717) is 13.2 Å². The summed E-state index contributed by atoms with van der Waals surface area (Å²) in [6.45, 7) is 3.19. The van der Waals surface area contributed by atoms with Crippen molar-refractivity contribution in [3.05, 3.63) is 90.0 Å². The van der Waals surface area contributed by atoms with Crippen LogP contribution in [0, 0.1) is 0 Å². The lowest BCUT2D eigenvalue weighted by Crippen LogP contribution is -2.20. The highest BCUT2D eigenvalue weighted by Gasteiger charge is 2.13. The predicted molar refractivity (Wildman–Crippen MR) is 129 cm³/mol. The quantitative estimate of drug-likeness (QED) is 0.230. The van der Waals surface area contributed by atoms with Gasteiger partial charge in [0.05, 0.1) is 36.2 Å². The summed E-state index contributed by atoms with van der Waals surface area (Å²) in [4.78, 5) is 17.1. The molecule has 4 rings (SSSR count). The Morgan fingerprint density at radius 2 is 1.81 bits per heavy atom. The predicted octanol–water partition coefficient (Wildman–Crippen LogP) is 4.73. The number of rotatable bonds is 9. The number of hydrogen-bond donors (Lipinski definition) is 1.